The molecule has 1 aromatic rings. The number of ether oxygens (including phenoxy) is 2. The molecule has 2 heterocycles. The fourth-order valence-corrected chi connectivity index (χ4v) is 3.66. The van der Waals surface area contributed by atoms with Gasteiger partial charge in [0, 0.05) is 18.7 Å². The number of benzene rings is 1. The SMILES string of the molecule is CCOc1cccc2c1CCN2C(=O)[C@@H]1CCCN1C(=O)OC(C)(C)C. The summed E-state index contributed by atoms with van der Waals surface area (Å²) in [5.74, 6) is 0.816. The van der Waals surface area contributed by atoms with Gasteiger partial charge in [0.2, 0.25) is 5.91 Å². The highest BCUT2D eigenvalue weighted by Gasteiger charge is 2.40. The number of rotatable bonds is 3. The zero-order chi connectivity index (χ0) is 18.9. The smallest absolute Gasteiger partial charge is 0.410 e. The quantitative estimate of drug-likeness (QED) is 0.829. The van der Waals surface area contributed by atoms with Crippen LogP contribution in [0.3, 0.4) is 0 Å². The van der Waals surface area contributed by atoms with Crippen LogP contribution in [0.5, 0.6) is 5.75 Å². The first-order valence-corrected chi connectivity index (χ1v) is 9.37. The molecule has 0 N–H and O–H groups in total. The molecule has 1 aromatic carbocycles. The van der Waals surface area contributed by atoms with Crippen LogP contribution in [0.2, 0.25) is 0 Å². The molecule has 0 aromatic heterocycles. The molecular weight excluding hydrogens is 332 g/mol. The summed E-state index contributed by atoms with van der Waals surface area (Å²) in [6, 6.07) is 5.36. The van der Waals surface area contributed by atoms with E-state index in [2.05, 4.69) is 0 Å². The molecule has 0 radical (unpaired) electrons. The second kappa shape index (κ2) is 7.17. The molecule has 6 heteroatoms. The first kappa shape index (κ1) is 18.5. The molecule has 1 atom stereocenters. The van der Waals surface area contributed by atoms with E-state index in [1.807, 2.05) is 45.9 Å². The van der Waals surface area contributed by atoms with Gasteiger partial charge in [-0.05, 0) is 59.1 Å². The van der Waals surface area contributed by atoms with Crippen molar-refractivity contribution in [2.75, 3.05) is 24.6 Å². The van der Waals surface area contributed by atoms with E-state index in [-0.39, 0.29) is 5.91 Å². The minimum absolute atomic E-state index is 0.0271. The third-order valence-corrected chi connectivity index (χ3v) is 4.72. The minimum Gasteiger partial charge on any atom is -0.494 e. The number of anilines is 1. The number of nitrogens with zero attached hydrogens (tertiary/aromatic N) is 2. The van der Waals surface area contributed by atoms with Gasteiger partial charge >= 0.3 is 6.09 Å². The molecule has 2 aliphatic rings. The van der Waals surface area contributed by atoms with Crippen LogP contribution in [-0.2, 0) is 16.0 Å². The van der Waals surface area contributed by atoms with Gasteiger partial charge in [0.15, 0.2) is 0 Å². The molecule has 0 aliphatic carbocycles. The van der Waals surface area contributed by atoms with E-state index in [1.165, 1.54) is 0 Å². The summed E-state index contributed by atoms with van der Waals surface area (Å²) in [5, 5.41) is 0. The Labute approximate surface area is 155 Å². The zero-order valence-electron chi connectivity index (χ0n) is 16.1. The van der Waals surface area contributed by atoms with E-state index in [1.54, 1.807) is 9.80 Å². The Hall–Kier alpha value is -2.24. The Bertz CT molecular complexity index is 696. The fraction of sp³-hybridized carbons (Fsp3) is 0.600. The van der Waals surface area contributed by atoms with E-state index in [9.17, 15) is 9.59 Å². The number of hydrogen-bond donors (Lipinski definition) is 0. The van der Waals surface area contributed by atoms with E-state index in [0.717, 1.165) is 29.8 Å². The molecule has 0 bridgehead atoms. The normalized spacial score (nSPS) is 19.5. The predicted molar refractivity (Wildman–Crippen MR) is 99.6 cm³/mol. The van der Waals surface area contributed by atoms with Crippen LogP contribution in [-0.4, -0.2) is 48.2 Å². The number of fused-ring (bicyclic) bond motifs is 1. The highest BCUT2D eigenvalue weighted by atomic mass is 16.6. The molecule has 0 saturated carbocycles. The summed E-state index contributed by atoms with van der Waals surface area (Å²) < 4.78 is 11.2. The number of hydrogen-bond acceptors (Lipinski definition) is 4. The van der Waals surface area contributed by atoms with E-state index >= 15 is 0 Å². The van der Waals surface area contributed by atoms with Crippen LogP contribution in [0.15, 0.2) is 18.2 Å². The van der Waals surface area contributed by atoms with Gasteiger partial charge < -0.3 is 14.4 Å². The molecule has 1 fully saturated rings. The van der Waals surface area contributed by atoms with Crippen molar-refractivity contribution >= 4 is 17.7 Å². The van der Waals surface area contributed by atoms with Crippen molar-refractivity contribution in [3.63, 3.8) is 0 Å². The highest BCUT2D eigenvalue weighted by molar-refractivity contribution is 6.00. The lowest BCUT2D eigenvalue weighted by Gasteiger charge is -2.30. The Morgan fingerprint density at radius 2 is 2.00 bits per heavy atom. The van der Waals surface area contributed by atoms with E-state index < -0.39 is 17.7 Å². The van der Waals surface area contributed by atoms with Gasteiger partial charge in [0.1, 0.15) is 17.4 Å². The highest BCUT2D eigenvalue weighted by Crippen LogP contribution is 2.36. The summed E-state index contributed by atoms with van der Waals surface area (Å²) >= 11 is 0. The molecule has 2 amide bonds. The molecule has 26 heavy (non-hydrogen) atoms. The molecule has 142 valence electrons. The van der Waals surface area contributed by atoms with Crippen LogP contribution in [0.1, 0.15) is 46.1 Å². The standard InChI is InChI=1S/C20H28N2O4/c1-5-25-17-10-6-8-15-14(17)11-13-21(15)18(23)16-9-7-12-22(16)19(24)26-20(2,3)4/h6,8,10,16H,5,7,9,11-13H2,1-4H3/t16-/m0/s1. The van der Waals surface area contributed by atoms with Crippen molar-refractivity contribution in [3.8, 4) is 5.75 Å². The predicted octanol–water partition coefficient (Wildman–Crippen LogP) is 3.37. The van der Waals surface area contributed by atoms with Crippen molar-refractivity contribution < 1.29 is 19.1 Å². The van der Waals surface area contributed by atoms with E-state index in [4.69, 9.17) is 9.47 Å². The van der Waals surface area contributed by atoms with Gasteiger partial charge in [-0.3, -0.25) is 9.69 Å². The monoisotopic (exact) mass is 360 g/mol. The second-order valence-corrected chi connectivity index (χ2v) is 7.76. The average molecular weight is 360 g/mol. The summed E-state index contributed by atoms with van der Waals surface area (Å²) in [6.45, 7) is 9.24. The lowest BCUT2D eigenvalue weighted by Crippen LogP contribution is -2.48. The van der Waals surface area contributed by atoms with E-state index in [0.29, 0.717) is 26.1 Å². The van der Waals surface area contributed by atoms with Crippen molar-refractivity contribution in [3.05, 3.63) is 23.8 Å². The maximum Gasteiger partial charge on any atom is 0.410 e. The third kappa shape index (κ3) is 3.64. The van der Waals surface area contributed by atoms with Crippen LogP contribution in [0.25, 0.3) is 0 Å². The first-order valence-electron chi connectivity index (χ1n) is 9.37. The summed E-state index contributed by atoms with van der Waals surface area (Å²) in [5.41, 5.74) is 1.40. The minimum atomic E-state index is -0.570. The first-order chi connectivity index (χ1) is 12.3. The van der Waals surface area contributed by atoms with Crippen LogP contribution >= 0.6 is 0 Å². The largest absolute Gasteiger partial charge is 0.494 e. The van der Waals surface area contributed by atoms with Crippen molar-refractivity contribution in [1.29, 1.82) is 0 Å². The summed E-state index contributed by atoms with van der Waals surface area (Å²) in [6.07, 6.45) is 1.86. The number of amides is 2. The molecule has 1 saturated heterocycles. The summed E-state index contributed by atoms with van der Waals surface area (Å²) in [7, 11) is 0. The van der Waals surface area contributed by atoms with Crippen LogP contribution in [0, 0.1) is 0 Å². The number of carbonyl (C=O) groups excluding carboxylic acids is 2. The van der Waals surface area contributed by atoms with Gasteiger partial charge in [0.25, 0.3) is 0 Å². The molecule has 6 nitrogen and oxygen atoms in total. The van der Waals surface area contributed by atoms with Gasteiger partial charge in [-0.25, -0.2) is 4.79 Å². The molecule has 0 unspecified atom stereocenters. The molecule has 3 rings (SSSR count). The van der Waals surface area contributed by atoms with Crippen molar-refractivity contribution in [2.45, 2.75) is 58.6 Å². The fourth-order valence-electron chi connectivity index (χ4n) is 3.66. The molecule has 2 aliphatic heterocycles. The van der Waals surface area contributed by atoms with Crippen molar-refractivity contribution in [1.82, 2.24) is 4.90 Å². The second-order valence-electron chi connectivity index (χ2n) is 7.76. The zero-order valence-corrected chi connectivity index (χ0v) is 16.1. The van der Waals surface area contributed by atoms with Gasteiger partial charge in [-0.1, -0.05) is 6.07 Å². The number of likely N-dealkylation sites (tertiary alicyclic amines) is 1. The molecular formula is C20H28N2O4. The van der Waals surface area contributed by atoms with Gasteiger partial charge in [-0.2, -0.15) is 0 Å². The Morgan fingerprint density at radius 3 is 2.69 bits per heavy atom. The Balaban J connectivity index is 1.78. The van der Waals surface area contributed by atoms with Gasteiger partial charge in [0.05, 0.1) is 12.3 Å². The lowest BCUT2D eigenvalue weighted by atomic mass is 10.1. The number of carbonyl (C=O) groups is 2. The van der Waals surface area contributed by atoms with Gasteiger partial charge in [-0.15, -0.1) is 0 Å². The summed E-state index contributed by atoms with van der Waals surface area (Å²) in [4.78, 5) is 29.1. The third-order valence-electron chi connectivity index (χ3n) is 4.72. The van der Waals surface area contributed by atoms with Crippen LogP contribution in [0.4, 0.5) is 10.5 Å². The maximum atomic E-state index is 13.2. The topological polar surface area (TPSA) is 59.1 Å². The average Bonchev–Trinajstić information content (AvgIpc) is 3.20. The lowest BCUT2D eigenvalue weighted by molar-refractivity contribution is -0.122. The Morgan fingerprint density at radius 1 is 1.23 bits per heavy atom. The Kier molecular flexibility index (Phi) is 5.12. The molecule has 0 spiro atoms. The maximum absolute atomic E-state index is 13.2. The van der Waals surface area contributed by atoms with Crippen molar-refractivity contribution in [2.24, 2.45) is 0 Å². The van der Waals surface area contributed by atoms with Crippen LogP contribution < -0.4 is 9.64 Å².